The van der Waals surface area contributed by atoms with Crippen molar-refractivity contribution < 1.29 is 9.90 Å². The zero-order valence-electron chi connectivity index (χ0n) is 11.4. The molecular formula is C16H11BrN2O3. The first-order valence-corrected chi connectivity index (χ1v) is 7.32. The molecule has 0 aliphatic rings. The molecule has 1 N–H and O–H groups in total. The van der Waals surface area contributed by atoms with Crippen molar-refractivity contribution in [3.63, 3.8) is 0 Å². The average molecular weight is 359 g/mol. The van der Waals surface area contributed by atoms with Gasteiger partial charge in [0.25, 0.3) is 5.56 Å². The van der Waals surface area contributed by atoms with Crippen LogP contribution in [0.15, 0.2) is 57.9 Å². The number of aromatic nitrogens is 2. The maximum atomic E-state index is 12.5. The third-order valence-corrected chi connectivity index (χ3v) is 3.83. The molecule has 6 heteroatoms. The average Bonchev–Trinajstić information content (AvgIpc) is 2.51. The van der Waals surface area contributed by atoms with E-state index in [0.29, 0.717) is 16.6 Å². The lowest BCUT2D eigenvalue weighted by Gasteiger charge is -2.11. The molecule has 0 aliphatic heterocycles. The predicted octanol–water partition coefficient (Wildman–Crippen LogP) is 2.91. The zero-order chi connectivity index (χ0) is 15.7. The molecule has 0 atom stereocenters. The second-order valence-corrected chi connectivity index (χ2v) is 5.69. The third-order valence-electron chi connectivity index (χ3n) is 3.34. The Kier molecular flexibility index (Phi) is 3.77. The molecule has 3 aromatic rings. The standard InChI is InChI=1S/C16H11BrN2O3/c17-11-5-4-10-7-13(16(21)22)15(20)19(14(10)8-11)9-12-3-1-2-6-18-12/h1-8H,9H2,(H,21,22). The van der Waals surface area contributed by atoms with E-state index in [0.717, 1.165) is 4.47 Å². The lowest BCUT2D eigenvalue weighted by atomic mass is 10.1. The summed E-state index contributed by atoms with van der Waals surface area (Å²) in [5.41, 5.74) is 0.568. The fourth-order valence-corrected chi connectivity index (χ4v) is 2.66. The molecule has 0 bridgehead atoms. The fraction of sp³-hybridized carbons (Fsp3) is 0.0625. The largest absolute Gasteiger partial charge is 0.477 e. The molecule has 5 nitrogen and oxygen atoms in total. The summed E-state index contributed by atoms with van der Waals surface area (Å²) in [7, 11) is 0. The molecular weight excluding hydrogens is 348 g/mol. The van der Waals surface area contributed by atoms with Crippen molar-refractivity contribution in [1.82, 2.24) is 9.55 Å². The van der Waals surface area contributed by atoms with E-state index in [9.17, 15) is 14.7 Å². The lowest BCUT2D eigenvalue weighted by Crippen LogP contribution is -2.27. The number of nitrogens with zero attached hydrogens (tertiary/aromatic N) is 2. The van der Waals surface area contributed by atoms with Crippen LogP contribution in [-0.4, -0.2) is 20.6 Å². The Labute approximate surface area is 134 Å². The van der Waals surface area contributed by atoms with Crippen LogP contribution in [0, 0.1) is 0 Å². The second kappa shape index (κ2) is 5.73. The number of hydrogen-bond donors (Lipinski definition) is 1. The van der Waals surface area contributed by atoms with Crippen LogP contribution in [-0.2, 0) is 6.54 Å². The van der Waals surface area contributed by atoms with Crippen LogP contribution in [0.4, 0.5) is 0 Å². The van der Waals surface area contributed by atoms with E-state index in [1.165, 1.54) is 10.6 Å². The monoisotopic (exact) mass is 358 g/mol. The Balaban J connectivity index is 2.29. The minimum atomic E-state index is -1.23. The van der Waals surface area contributed by atoms with Crippen LogP contribution in [0.1, 0.15) is 16.1 Å². The minimum absolute atomic E-state index is 0.216. The number of carbonyl (C=O) groups is 1. The number of rotatable bonds is 3. The van der Waals surface area contributed by atoms with E-state index in [2.05, 4.69) is 20.9 Å². The van der Waals surface area contributed by atoms with E-state index in [-0.39, 0.29) is 12.1 Å². The van der Waals surface area contributed by atoms with Crippen molar-refractivity contribution >= 4 is 32.8 Å². The van der Waals surface area contributed by atoms with E-state index < -0.39 is 11.5 Å². The summed E-state index contributed by atoms with van der Waals surface area (Å²) in [6.45, 7) is 0.216. The zero-order valence-corrected chi connectivity index (χ0v) is 12.9. The van der Waals surface area contributed by atoms with Crippen LogP contribution < -0.4 is 5.56 Å². The molecule has 22 heavy (non-hydrogen) atoms. The van der Waals surface area contributed by atoms with Gasteiger partial charge in [0.1, 0.15) is 5.56 Å². The van der Waals surface area contributed by atoms with Crippen LogP contribution in [0.2, 0.25) is 0 Å². The van der Waals surface area contributed by atoms with Crippen molar-refractivity contribution in [3.8, 4) is 0 Å². The second-order valence-electron chi connectivity index (χ2n) is 4.78. The normalized spacial score (nSPS) is 10.8. The van der Waals surface area contributed by atoms with E-state index >= 15 is 0 Å². The van der Waals surface area contributed by atoms with Gasteiger partial charge in [-0.1, -0.05) is 28.1 Å². The van der Waals surface area contributed by atoms with Gasteiger partial charge in [0.05, 0.1) is 17.8 Å². The number of aromatic carboxylic acids is 1. The first-order valence-electron chi connectivity index (χ1n) is 6.52. The highest BCUT2D eigenvalue weighted by Gasteiger charge is 2.15. The molecule has 0 aliphatic carbocycles. The number of carboxylic acids is 1. The van der Waals surface area contributed by atoms with E-state index in [4.69, 9.17) is 0 Å². The molecule has 1 aromatic carbocycles. The molecule has 0 fully saturated rings. The molecule has 2 aromatic heterocycles. The highest BCUT2D eigenvalue weighted by Crippen LogP contribution is 2.20. The molecule has 0 saturated heterocycles. The van der Waals surface area contributed by atoms with Gasteiger partial charge in [0.15, 0.2) is 0 Å². The molecule has 0 spiro atoms. The summed E-state index contributed by atoms with van der Waals surface area (Å²) >= 11 is 3.38. The van der Waals surface area contributed by atoms with Gasteiger partial charge in [0, 0.05) is 10.7 Å². The summed E-state index contributed by atoms with van der Waals surface area (Å²) in [5, 5.41) is 9.92. The predicted molar refractivity (Wildman–Crippen MR) is 86.2 cm³/mol. The smallest absolute Gasteiger partial charge is 0.341 e. The van der Waals surface area contributed by atoms with Crippen molar-refractivity contribution in [3.05, 3.63) is 74.7 Å². The number of benzene rings is 1. The molecule has 0 radical (unpaired) electrons. The van der Waals surface area contributed by atoms with E-state index in [1.54, 1.807) is 30.5 Å². The van der Waals surface area contributed by atoms with Crippen LogP contribution >= 0.6 is 15.9 Å². The van der Waals surface area contributed by atoms with Gasteiger partial charge in [-0.15, -0.1) is 0 Å². The maximum absolute atomic E-state index is 12.5. The lowest BCUT2D eigenvalue weighted by molar-refractivity contribution is 0.0694. The van der Waals surface area contributed by atoms with Crippen LogP contribution in [0.5, 0.6) is 0 Å². The van der Waals surface area contributed by atoms with Crippen molar-refractivity contribution in [2.75, 3.05) is 0 Å². The molecule has 110 valence electrons. The first kappa shape index (κ1) is 14.5. The Morgan fingerprint density at radius 1 is 1.23 bits per heavy atom. The Morgan fingerprint density at radius 2 is 2.05 bits per heavy atom. The highest BCUT2D eigenvalue weighted by molar-refractivity contribution is 9.10. The highest BCUT2D eigenvalue weighted by atomic mass is 79.9. The van der Waals surface area contributed by atoms with Crippen molar-refractivity contribution in [2.45, 2.75) is 6.54 Å². The summed E-state index contributed by atoms with van der Waals surface area (Å²) in [6, 6.07) is 12.2. The van der Waals surface area contributed by atoms with Crippen LogP contribution in [0.25, 0.3) is 10.9 Å². The van der Waals surface area contributed by atoms with Gasteiger partial charge in [-0.25, -0.2) is 4.79 Å². The molecule has 2 heterocycles. The number of carboxylic acid groups (broad SMARTS) is 1. The number of hydrogen-bond acceptors (Lipinski definition) is 3. The Morgan fingerprint density at radius 3 is 2.73 bits per heavy atom. The van der Waals surface area contributed by atoms with Gasteiger partial charge in [-0.05, 0) is 35.7 Å². The van der Waals surface area contributed by atoms with Gasteiger partial charge in [0.2, 0.25) is 0 Å². The summed E-state index contributed by atoms with van der Waals surface area (Å²) in [5.74, 6) is -1.23. The minimum Gasteiger partial charge on any atom is -0.477 e. The van der Waals surface area contributed by atoms with E-state index in [1.807, 2.05) is 12.1 Å². The summed E-state index contributed by atoms with van der Waals surface area (Å²) in [4.78, 5) is 28.0. The first-order chi connectivity index (χ1) is 10.6. The molecule has 0 unspecified atom stereocenters. The Hall–Kier alpha value is -2.47. The molecule has 0 saturated carbocycles. The molecule has 0 amide bonds. The maximum Gasteiger partial charge on any atom is 0.341 e. The Bertz CT molecular complexity index is 920. The SMILES string of the molecule is O=C(O)c1cc2ccc(Br)cc2n(Cc2ccccn2)c1=O. The van der Waals surface area contributed by atoms with Crippen molar-refractivity contribution in [2.24, 2.45) is 0 Å². The fourth-order valence-electron chi connectivity index (χ4n) is 2.31. The summed E-state index contributed by atoms with van der Waals surface area (Å²) in [6.07, 6.45) is 1.64. The number of pyridine rings is 2. The molecule has 3 rings (SSSR count). The van der Waals surface area contributed by atoms with Gasteiger partial charge in [-0.3, -0.25) is 9.78 Å². The third kappa shape index (κ3) is 2.65. The van der Waals surface area contributed by atoms with Gasteiger partial charge >= 0.3 is 5.97 Å². The van der Waals surface area contributed by atoms with Gasteiger partial charge < -0.3 is 9.67 Å². The van der Waals surface area contributed by atoms with Gasteiger partial charge in [-0.2, -0.15) is 0 Å². The number of fused-ring (bicyclic) bond motifs is 1. The number of halogens is 1. The topological polar surface area (TPSA) is 72.2 Å². The van der Waals surface area contributed by atoms with Crippen molar-refractivity contribution in [1.29, 1.82) is 0 Å². The summed E-state index contributed by atoms with van der Waals surface area (Å²) < 4.78 is 2.25. The quantitative estimate of drug-likeness (QED) is 0.781. The van der Waals surface area contributed by atoms with Crippen LogP contribution in [0.3, 0.4) is 0 Å².